The minimum atomic E-state index is -0.615. The maximum Gasteiger partial charge on any atom is 0.341 e. The minimum Gasteiger partial charge on any atom is -0.496 e. The lowest BCUT2D eigenvalue weighted by atomic mass is 10.1. The zero-order chi connectivity index (χ0) is 13.5. The summed E-state index contributed by atoms with van der Waals surface area (Å²) in [6, 6.07) is 7.14. The fourth-order valence-electron chi connectivity index (χ4n) is 1.45. The van der Waals surface area contributed by atoms with Gasteiger partial charge in [-0.3, -0.25) is 4.79 Å². The van der Waals surface area contributed by atoms with Crippen LogP contribution in [0.4, 0.5) is 0 Å². The number of hydrogen-bond donors (Lipinski definition) is 0. The van der Waals surface area contributed by atoms with Crippen LogP contribution in [0.3, 0.4) is 0 Å². The van der Waals surface area contributed by atoms with E-state index in [0.717, 1.165) is 0 Å². The van der Waals surface area contributed by atoms with Gasteiger partial charge in [0.15, 0.2) is 5.78 Å². The minimum absolute atomic E-state index is 0.0151. The number of rotatable bonds is 5. The van der Waals surface area contributed by atoms with Gasteiger partial charge in [-0.05, 0) is 26.0 Å². The van der Waals surface area contributed by atoms with E-state index >= 15 is 0 Å². The maximum atomic E-state index is 11.6. The SMILES string of the molecule is CCOC(=O)/C(=C\c1ccccc1OC)C(C)=O. The van der Waals surface area contributed by atoms with Crippen molar-refractivity contribution < 1.29 is 19.1 Å². The van der Waals surface area contributed by atoms with Gasteiger partial charge in [-0.2, -0.15) is 0 Å². The Morgan fingerprint density at radius 3 is 2.50 bits per heavy atom. The number of carbonyl (C=O) groups is 2. The fourth-order valence-corrected chi connectivity index (χ4v) is 1.45. The van der Waals surface area contributed by atoms with E-state index in [4.69, 9.17) is 9.47 Å². The Balaban J connectivity index is 3.16. The molecule has 0 radical (unpaired) electrons. The molecule has 0 atom stereocenters. The van der Waals surface area contributed by atoms with Crippen molar-refractivity contribution in [2.24, 2.45) is 0 Å². The van der Waals surface area contributed by atoms with Crippen molar-refractivity contribution in [2.45, 2.75) is 13.8 Å². The average Bonchev–Trinajstić information content (AvgIpc) is 2.36. The topological polar surface area (TPSA) is 52.6 Å². The third-order valence-electron chi connectivity index (χ3n) is 2.31. The smallest absolute Gasteiger partial charge is 0.341 e. The highest BCUT2D eigenvalue weighted by Crippen LogP contribution is 2.21. The van der Waals surface area contributed by atoms with Crippen molar-refractivity contribution in [3.63, 3.8) is 0 Å². The van der Waals surface area contributed by atoms with E-state index in [9.17, 15) is 9.59 Å². The molecule has 0 saturated carbocycles. The normalized spacial score (nSPS) is 10.9. The summed E-state index contributed by atoms with van der Waals surface area (Å²) in [4.78, 5) is 23.1. The number of ether oxygens (including phenoxy) is 2. The molecule has 0 saturated heterocycles. The first-order chi connectivity index (χ1) is 8.60. The Morgan fingerprint density at radius 1 is 1.28 bits per heavy atom. The molecule has 0 aromatic heterocycles. The van der Waals surface area contributed by atoms with E-state index in [1.807, 2.05) is 6.07 Å². The molecular formula is C14H16O4. The van der Waals surface area contributed by atoms with Crippen LogP contribution in [0.25, 0.3) is 6.08 Å². The van der Waals surface area contributed by atoms with Crippen molar-refractivity contribution in [3.8, 4) is 5.75 Å². The van der Waals surface area contributed by atoms with Crippen molar-refractivity contribution in [1.29, 1.82) is 0 Å². The molecule has 0 aliphatic heterocycles. The number of Topliss-reactive ketones (excluding diaryl/α,β-unsaturated/α-hetero) is 1. The van der Waals surface area contributed by atoms with Gasteiger partial charge >= 0.3 is 5.97 Å². The van der Waals surface area contributed by atoms with Gasteiger partial charge in [-0.25, -0.2) is 4.79 Å². The van der Waals surface area contributed by atoms with Crippen LogP contribution in [0.2, 0.25) is 0 Å². The van der Waals surface area contributed by atoms with Crippen molar-refractivity contribution >= 4 is 17.8 Å². The average molecular weight is 248 g/mol. The second kappa shape index (κ2) is 6.59. The molecule has 0 amide bonds. The molecule has 96 valence electrons. The van der Waals surface area contributed by atoms with E-state index in [2.05, 4.69) is 0 Å². The zero-order valence-electron chi connectivity index (χ0n) is 10.7. The van der Waals surface area contributed by atoms with E-state index in [1.165, 1.54) is 20.1 Å². The first kappa shape index (κ1) is 14.0. The summed E-state index contributed by atoms with van der Waals surface area (Å²) in [7, 11) is 1.53. The largest absolute Gasteiger partial charge is 0.496 e. The van der Waals surface area contributed by atoms with Gasteiger partial charge in [0.1, 0.15) is 11.3 Å². The van der Waals surface area contributed by atoms with Crippen LogP contribution in [0.5, 0.6) is 5.75 Å². The number of carbonyl (C=O) groups excluding carboxylic acids is 2. The van der Waals surface area contributed by atoms with Crippen molar-refractivity contribution in [2.75, 3.05) is 13.7 Å². The highest BCUT2D eigenvalue weighted by Gasteiger charge is 2.16. The summed E-state index contributed by atoms with van der Waals surface area (Å²) in [6.45, 7) is 3.26. The zero-order valence-corrected chi connectivity index (χ0v) is 10.7. The van der Waals surface area contributed by atoms with Crippen LogP contribution >= 0.6 is 0 Å². The molecule has 0 heterocycles. The molecule has 4 nitrogen and oxygen atoms in total. The summed E-state index contributed by atoms with van der Waals surface area (Å²) in [5.74, 6) is -0.351. The van der Waals surface area contributed by atoms with Gasteiger partial charge in [-0.15, -0.1) is 0 Å². The van der Waals surface area contributed by atoms with Gasteiger partial charge in [-0.1, -0.05) is 18.2 Å². The van der Waals surface area contributed by atoms with E-state index in [1.54, 1.807) is 25.1 Å². The number of para-hydroxylation sites is 1. The molecule has 0 bridgehead atoms. The number of hydrogen-bond acceptors (Lipinski definition) is 4. The molecule has 0 aliphatic carbocycles. The number of methoxy groups -OCH3 is 1. The summed E-state index contributed by atoms with van der Waals surface area (Å²) in [5, 5.41) is 0. The number of esters is 1. The lowest BCUT2D eigenvalue weighted by Gasteiger charge is -2.06. The molecule has 0 unspecified atom stereocenters. The lowest BCUT2D eigenvalue weighted by Crippen LogP contribution is -2.13. The van der Waals surface area contributed by atoms with Crippen LogP contribution in [-0.4, -0.2) is 25.5 Å². The van der Waals surface area contributed by atoms with Crippen LogP contribution < -0.4 is 4.74 Å². The van der Waals surface area contributed by atoms with Crippen LogP contribution in [0.15, 0.2) is 29.8 Å². The van der Waals surface area contributed by atoms with E-state index in [-0.39, 0.29) is 18.0 Å². The van der Waals surface area contributed by atoms with Crippen molar-refractivity contribution in [3.05, 3.63) is 35.4 Å². The monoisotopic (exact) mass is 248 g/mol. The number of benzene rings is 1. The predicted octanol–water partition coefficient (Wildman–Crippen LogP) is 2.23. The second-order valence-corrected chi connectivity index (χ2v) is 3.58. The molecule has 18 heavy (non-hydrogen) atoms. The molecule has 0 fully saturated rings. The Morgan fingerprint density at radius 2 is 1.94 bits per heavy atom. The van der Waals surface area contributed by atoms with Crippen LogP contribution in [-0.2, 0) is 14.3 Å². The molecule has 1 aromatic carbocycles. The van der Waals surface area contributed by atoms with E-state index in [0.29, 0.717) is 11.3 Å². The molecule has 0 aliphatic rings. The summed E-state index contributed by atoms with van der Waals surface area (Å²) < 4.78 is 10.00. The Bertz CT molecular complexity index is 474. The third kappa shape index (κ3) is 3.45. The van der Waals surface area contributed by atoms with Crippen LogP contribution in [0, 0.1) is 0 Å². The predicted molar refractivity (Wildman–Crippen MR) is 68.3 cm³/mol. The quantitative estimate of drug-likeness (QED) is 0.347. The fraction of sp³-hybridized carbons (Fsp3) is 0.286. The van der Waals surface area contributed by atoms with Gasteiger partial charge in [0, 0.05) is 5.56 Å². The van der Waals surface area contributed by atoms with Gasteiger partial charge < -0.3 is 9.47 Å². The number of ketones is 1. The molecule has 0 N–H and O–H groups in total. The van der Waals surface area contributed by atoms with Crippen LogP contribution in [0.1, 0.15) is 19.4 Å². The molecule has 1 rings (SSSR count). The van der Waals surface area contributed by atoms with Crippen molar-refractivity contribution in [1.82, 2.24) is 0 Å². The first-order valence-electron chi connectivity index (χ1n) is 5.63. The molecular weight excluding hydrogens is 232 g/mol. The Kier molecular flexibility index (Phi) is 5.11. The molecule has 4 heteroatoms. The second-order valence-electron chi connectivity index (χ2n) is 3.58. The van der Waals surface area contributed by atoms with Gasteiger partial charge in [0.25, 0.3) is 0 Å². The Hall–Kier alpha value is -2.10. The van der Waals surface area contributed by atoms with E-state index < -0.39 is 5.97 Å². The Labute approximate surface area is 106 Å². The molecule has 0 spiro atoms. The maximum absolute atomic E-state index is 11.6. The summed E-state index contributed by atoms with van der Waals surface area (Å²) in [6.07, 6.45) is 1.49. The summed E-state index contributed by atoms with van der Waals surface area (Å²) in [5.41, 5.74) is 0.680. The highest BCUT2D eigenvalue weighted by molar-refractivity contribution is 6.19. The molecule has 1 aromatic rings. The first-order valence-corrected chi connectivity index (χ1v) is 5.63. The third-order valence-corrected chi connectivity index (χ3v) is 2.31. The van der Waals surface area contributed by atoms with Gasteiger partial charge in [0.2, 0.25) is 0 Å². The van der Waals surface area contributed by atoms with Gasteiger partial charge in [0.05, 0.1) is 13.7 Å². The summed E-state index contributed by atoms with van der Waals surface area (Å²) >= 11 is 0. The highest BCUT2D eigenvalue weighted by atomic mass is 16.5. The standard InChI is InChI=1S/C14H16O4/c1-4-18-14(16)12(10(2)15)9-11-7-5-6-8-13(11)17-3/h5-9H,4H2,1-3H3/b12-9-. The lowest BCUT2D eigenvalue weighted by molar-refractivity contribution is -0.139.